The third-order valence-electron chi connectivity index (χ3n) is 4.98. The van der Waals surface area contributed by atoms with Gasteiger partial charge in [-0.3, -0.25) is 4.79 Å². The number of nitrogens with one attached hydrogen (secondary N) is 1. The maximum atomic E-state index is 12.5. The Morgan fingerprint density at radius 1 is 1.12 bits per heavy atom. The van der Waals surface area contributed by atoms with E-state index in [0.29, 0.717) is 12.5 Å². The SMILES string of the molecule is O=C(Nc1cc(C2CCCC2)nn1-c1ccccc1)C1CCCO1. The number of amides is 1. The van der Waals surface area contributed by atoms with E-state index in [1.54, 1.807) is 0 Å². The number of aromatic nitrogens is 2. The molecule has 2 fully saturated rings. The molecule has 1 aromatic carbocycles. The van der Waals surface area contributed by atoms with Crippen molar-refractivity contribution in [2.24, 2.45) is 0 Å². The lowest BCUT2D eigenvalue weighted by Gasteiger charge is -2.12. The Bertz CT molecular complexity index is 699. The molecule has 1 N–H and O–H groups in total. The van der Waals surface area contributed by atoms with Crippen molar-refractivity contribution in [1.82, 2.24) is 9.78 Å². The van der Waals surface area contributed by atoms with Gasteiger partial charge in [0.25, 0.3) is 5.91 Å². The largest absolute Gasteiger partial charge is 0.368 e. The van der Waals surface area contributed by atoms with E-state index in [1.807, 2.05) is 41.1 Å². The Morgan fingerprint density at radius 2 is 1.92 bits per heavy atom. The highest BCUT2D eigenvalue weighted by Gasteiger charge is 2.26. The minimum atomic E-state index is -0.334. The Hall–Kier alpha value is -2.14. The van der Waals surface area contributed by atoms with Gasteiger partial charge in [-0.05, 0) is 37.8 Å². The molecule has 1 aliphatic carbocycles. The van der Waals surface area contributed by atoms with Gasteiger partial charge < -0.3 is 10.1 Å². The molecular formula is C19H23N3O2. The van der Waals surface area contributed by atoms with Crippen LogP contribution < -0.4 is 5.32 Å². The molecule has 0 bridgehead atoms. The zero-order valence-corrected chi connectivity index (χ0v) is 13.8. The van der Waals surface area contributed by atoms with Crippen molar-refractivity contribution in [2.75, 3.05) is 11.9 Å². The molecule has 24 heavy (non-hydrogen) atoms. The quantitative estimate of drug-likeness (QED) is 0.933. The van der Waals surface area contributed by atoms with Crippen molar-refractivity contribution in [3.8, 4) is 5.69 Å². The monoisotopic (exact) mass is 325 g/mol. The van der Waals surface area contributed by atoms with Crippen molar-refractivity contribution in [1.29, 1.82) is 0 Å². The van der Waals surface area contributed by atoms with Crippen LogP contribution in [0.2, 0.25) is 0 Å². The van der Waals surface area contributed by atoms with Gasteiger partial charge in [-0.2, -0.15) is 5.10 Å². The fourth-order valence-corrected chi connectivity index (χ4v) is 3.67. The van der Waals surface area contributed by atoms with Gasteiger partial charge in [0.05, 0.1) is 11.4 Å². The number of benzene rings is 1. The molecule has 1 aromatic heterocycles. The van der Waals surface area contributed by atoms with E-state index in [1.165, 1.54) is 25.7 Å². The van der Waals surface area contributed by atoms with E-state index in [9.17, 15) is 4.79 Å². The average molecular weight is 325 g/mol. The first-order valence-electron chi connectivity index (χ1n) is 8.89. The predicted molar refractivity (Wildman–Crippen MR) is 92.4 cm³/mol. The molecule has 2 heterocycles. The summed E-state index contributed by atoms with van der Waals surface area (Å²) in [5.74, 6) is 1.18. The van der Waals surface area contributed by atoms with Gasteiger partial charge in [0, 0.05) is 18.6 Å². The summed E-state index contributed by atoms with van der Waals surface area (Å²) in [6, 6.07) is 12.0. The maximum absolute atomic E-state index is 12.5. The molecule has 1 saturated carbocycles. The van der Waals surface area contributed by atoms with E-state index in [-0.39, 0.29) is 12.0 Å². The van der Waals surface area contributed by atoms with Gasteiger partial charge in [-0.1, -0.05) is 31.0 Å². The number of carbonyl (C=O) groups excluding carboxylic acids is 1. The number of para-hydroxylation sites is 1. The number of carbonyl (C=O) groups is 1. The Balaban J connectivity index is 1.63. The first-order chi connectivity index (χ1) is 11.8. The highest BCUT2D eigenvalue weighted by Crippen LogP contribution is 2.35. The lowest BCUT2D eigenvalue weighted by atomic mass is 10.0. The smallest absolute Gasteiger partial charge is 0.254 e. The molecule has 2 aliphatic rings. The van der Waals surface area contributed by atoms with Crippen LogP contribution in [0.5, 0.6) is 0 Å². The zero-order chi connectivity index (χ0) is 16.4. The molecule has 1 amide bonds. The van der Waals surface area contributed by atoms with E-state index in [4.69, 9.17) is 9.84 Å². The first kappa shape index (κ1) is 15.4. The minimum absolute atomic E-state index is 0.0671. The molecule has 1 aliphatic heterocycles. The second-order valence-corrected chi connectivity index (χ2v) is 6.67. The molecule has 126 valence electrons. The number of nitrogens with zero attached hydrogens (tertiary/aromatic N) is 2. The summed E-state index contributed by atoms with van der Waals surface area (Å²) in [5.41, 5.74) is 2.04. The second kappa shape index (κ2) is 6.77. The average Bonchev–Trinajstić information content (AvgIpc) is 3.36. The van der Waals surface area contributed by atoms with Crippen molar-refractivity contribution < 1.29 is 9.53 Å². The summed E-state index contributed by atoms with van der Waals surface area (Å²) in [6.07, 6.45) is 6.31. The van der Waals surface area contributed by atoms with Crippen LogP contribution in [0.25, 0.3) is 5.69 Å². The Labute approximate surface area is 142 Å². The number of anilines is 1. The van der Waals surface area contributed by atoms with Crippen LogP contribution in [0, 0.1) is 0 Å². The van der Waals surface area contributed by atoms with Crippen molar-refractivity contribution >= 4 is 11.7 Å². The van der Waals surface area contributed by atoms with Crippen molar-refractivity contribution in [3.05, 3.63) is 42.1 Å². The number of hydrogen-bond donors (Lipinski definition) is 1. The summed E-state index contributed by atoms with van der Waals surface area (Å²) in [6.45, 7) is 0.670. The Morgan fingerprint density at radius 3 is 2.62 bits per heavy atom. The first-order valence-corrected chi connectivity index (χ1v) is 8.89. The standard InChI is InChI=1S/C19H23N3O2/c23-19(17-11-6-12-24-17)20-18-13-16(14-7-4-5-8-14)21-22(18)15-9-2-1-3-10-15/h1-3,9-10,13-14,17H,4-8,11-12H2,(H,20,23). The van der Waals surface area contributed by atoms with Crippen molar-refractivity contribution in [2.45, 2.75) is 50.5 Å². The summed E-state index contributed by atoms with van der Waals surface area (Å²) in [5, 5.41) is 7.83. The van der Waals surface area contributed by atoms with Gasteiger partial charge in [-0.25, -0.2) is 4.68 Å². The van der Waals surface area contributed by atoms with Crippen LogP contribution in [0.15, 0.2) is 36.4 Å². The van der Waals surface area contributed by atoms with Gasteiger partial charge in [-0.15, -0.1) is 0 Å². The lowest BCUT2D eigenvalue weighted by Crippen LogP contribution is -2.27. The molecule has 2 aromatic rings. The fraction of sp³-hybridized carbons (Fsp3) is 0.474. The van der Waals surface area contributed by atoms with Crippen LogP contribution in [0.3, 0.4) is 0 Å². The molecular weight excluding hydrogens is 302 g/mol. The van der Waals surface area contributed by atoms with E-state index in [2.05, 4.69) is 5.32 Å². The highest BCUT2D eigenvalue weighted by molar-refractivity contribution is 5.93. The maximum Gasteiger partial charge on any atom is 0.254 e. The van der Waals surface area contributed by atoms with Gasteiger partial charge in [0.1, 0.15) is 11.9 Å². The van der Waals surface area contributed by atoms with E-state index >= 15 is 0 Å². The summed E-state index contributed by atoms with van der Waals surface area (Å²) >= 11 is 0. The minimum Gasteiger partial charge on any atom is -0.368 e. The molecule has 5 nitrogen and oxygen atoms in total. The highest BCUT2D eigenvalue weighted by atomic mass is 16.5. The van der Waals surface area contributed by atoms with Crippen LogP contribution >= 0.6 is 0 Å². The Kier molecular flexibility index (Phi) is 4.34. The van der Waals surface area contributed by atoms with E-state index < -0.39 is 0 Å². The number of hydrogen-bond acceptors (Lipinski definition) is 3. The lowest BCUT2D eigenvalue weighted by molar-refractivity contribution is -0.124. The van der Waals surface area contributed by atoms with Crippen LogP contribution in [-0.4, -0.2) is 28.4 Å². The fourth-order valence-electron chi connectivity index (χ4n) is 3.67. The van der Waals surface area contributed by atoms with Crippen LogP contribution in [-0.2, 0) is 9.53 Å². The number of ether oxygens (including phenoxy) is 1. The second-order valence-electron chi connectivity index (χ2n) is 6.67. The normalized spacial score (nSPS) is 21.2. The summed E-state index contributed by atoms with van der Waals surface area (Å²) in [7, 11) is 0. The number of rotatable bonds is 4. The van der Waals surface area contributed by atoms with Crippen LogP contribution in [0.4, 0.5) is 5.82 Å². The van der Waals surface area contributed by atoms with Gasteiger partial charge >= 0.3 is 0 Å². The molecule has 0 radical (unpaired) electrons. The van der Waals surface area contributed by atoms with Crippen molar-refractivity contribution in [3.63, 3.8) is 0 Å². The molecule has 0 spiro atoms. The molecule has 1 atom stereocenters. The molecule has 1 unspecified atom stereocenters. The third kappa shape index (κ3) is 3.08. The third-order valence-corrected chi connectivity index (χ3v) is 4.98. The zero-order valence-electron chi connectivity index (χ0n) is 13.8. The van der Waals surface area contributed by atoms with Gasteiger partial charge in [0.2, 0.25) is 0 Å². The topological polar surface area (TPSA) is 56.2 Å². The molecule has 4 rings (SSSR count). The molecule has 1 saturated heterocycles. The van der Waals surface area contributed by atoms with E-state index in [0.717, 1.165) is 30.0 Å². The molecule has 5 heteroatoms. The predicted octanol–water partition coefficient (Wildman–Crippen LogP) is 3.65. The summed E-state index contributed by atoms with van der Waals surface area (Å²) < 4.78 is 7.35. The van der Waals surface area contributed by atoms with Crippen LogP contribution in [0.1, 0.15) is 50.1 Å². The van der Waals surface area contributed by atoms with Gasteiger partial charge in [0.15, 0.2) is 0 Å². The summed E-state index contributed by atoms with van der Waals surface area (Å²) in [4.78, 5) is 12.5.